The van der Waals surface area contributed by atoms with Gasteiger partial charge in [-0.25, -0.2) is 4.79 Å². The lowest BCUT2D eigenvalue weighted by atomic mass is 9.98. The van der Waals surface area contributed by atoms with Crippen LogP contribution in [-0.4, -0.2) is 11.6 Å². The quantitative estimate of drug-likeness (QED) is 0.537. The van der Waals surface area contributed by atoms with E-state index in [1.54, 1.807) is 6.07 Å². The van der Waals surface area contributed by atoms with Crippen LogP contribution in [0.4, 0.5) is 0 Å². The first-order chi connectivity index (χ1) is 13.6. The Hall–Kier alpha value is -2.30. The fraction of sp³-hybridized carbons (Fsp3) is 0.348. The monoisotopic (exact) mass is 397 g/mol. The molecule has 0 N–H and O–H groups in total. The zero-order chi connectivity index (χ0) is 19.7. The van der Waals surface area contributed by atoms with Gasteiger partial charge < -0.3 is 9.15 Å². The van der Waals surface area contributed by atoms with Crippen LogP contribution in [0.15, 0.2) is 45.6 Å². The molecule has 0 atom stereocenters. The van der Waals surface area contributed by atoms with Gasteiger partial charge in [0.2, 0.25) is 0 Å². The second kappa shape index (κ2) is 7.98. The summed E-state index contributed by atoms with van der Waals surface area (Å²) < 4.78 is 11.6. The summed E-state index contributed by atoms with van der Waals surface area (Å²) in [6, 6.07) is 11.7. The molecule has 0 bridgehead atoms. The zero-order valence-corrected chi connectivity index (χ0v) is 17.0. The second-order valence-corrected chi connectivity index (χ2v) is 7.82. The van der Waals surface area contributed by atoms with E-state index in [2.05, 4.69) is 17.9 Å². The topological polar surface area (TPSA) is 42.7 Å². The van der Waals surface area contributed by atoms with Gasteiger partial charge in [0, 0.05) is 40.7 Å². The van der Waals surface area contributed by atoms with Crippen molar-refractivity contribution in [1.29, 1.82) is 0 Å². The molecule has 0 fully saturated rings. The summed E-state index contributed by atoms with van der Waals surface area (Å²) in [5.41, 5.74) is 4.52. The Morgan fingerprint density at radius 3 is 2.79 bits per heavy atom. The highest BCUT2D eigenvalue weighted by molar-refractivity contribution is 6.31. The number of unbranched alkanes of at least 4 members (excludes halogenated alkanes) is 1. The van der Waals surface area contributed by atoms with Gasteiger partial charge in [-0.2, -0.15) is 0 Å². The van der Waals surface area contributed by atoms with Crippen molar-refractivity contribution in [2.75, 3.05) is 6.73 Å². The summed E-state index contributed by atoms with van der Waals surface area (Å²) >= 11 is 6.32. The van der Waals surface area contributed by atoms with Crippen molar-refractivity contribution < 1.29 is 9.15 Å². The number of halogens is 1. The van der Waals surface area contributed by atoms with Gasteiger partial charge in [-0.05, 0) is 43.0 Å². The van der Waals surface area contributed by atoms with Crippen LogP contribution >= 0.6 is 11.6 Å². The van der Waals surface area contributed by atoms with Crippen molar-refractivity contribution in [2.24, 2.45) is 0 Å². The van der Waals surface area contributed by atoms with Gasteiger partial charge in [0.1, 0.15) is 18.1 Å². The van der Waals surface area contributed by atoms with E-state index >= 15 is 0 Å². The molecule has 146 valence electrons. The first-order valence-electron chi connectivity index (χ1n) is 9.74. The number of benzene rings is 2. The number of hydrogen-bond donors (Lipinski definition) is 0. The summed E-state index contributed by atoms with van der Waals surface area (Å²) in [6.07, 6.45) is 3.01. The third-order valence-electron chi connectivity index (χ3n) is 5.31. The number of rotatable bonds is 5. The van der Waals surface area contributed by atoms with Crippen molar-refractivity contribution in [2.45, 2.75) is 46.2 Å². The average molecular weight is 398 g/mol. The van der Waals surface area contributed by atoms with Gasteiger partial charge in [-0.15, -0.1) is 0 Å². The highest BCUT2D eigenvalue weighted by Gasteiger charge is 2.23. The number of ether oxygens (including phenoxy) is 1. The molecule has 5 heteroatoms. The van der Waals surface area contributed by atoms with Crippen LogP contribution in [0, 0.1) is 6.92 Å². The van der Waals surface area contributed by atoms with E-state index in [4.69, 9.17) is 20.8 Å². The first kappa shape index (κ1) is 19.0. The molecule has 0 saturated heterocycles. The Morgan fingerprint density at radius 1 is 1.18 bits per heavy atom. The van der Waals surface area contributed by atoms with E-state index in [0.717, 1.165) is 70.8 Å². The summed E-state index contributed by atoms with van der Waals surface area (Å²) in [5, 5.41) is 1.79. The van der Waals surface area contributed by atoms with Crippen LogP contribution < -0.4 is 10.4 Å². The van der Waals surface area contributed by atoms with E-state index in [1.165, 1.54) is 0 Å². The normalized spacial score (nSPS) is 14.1. The van der Waals surface area contributed by atoms with Crippen LogP contribution in [0.25, 0.3) is 11.0 Å². The molecule has 28 heavy (non-hydrogen) atoms. The van der Waals surface area contributed by atoms with E-state index < -0.39 is 0 Å². The van der Waals surface area contributed by atoms with Crippen molar-refractivity contribution in [3.8, 4) is 5.75 Å². The van der Waals surface area contributed by atoms with Crippen LogP contribution in [-0.2, 0) is 19.5 Å². The van der Waals surface area contributed by atoms with E-state index in [-0.39, 0.29) is 5.63 Å². The molecule has 4 nitrogen and oxygen atoms in total. The number of nitrogens with zero attached hydrogens (tertiary/aromatic N) is 1. The maximum Gasteiger partial charge on any atom is 0.336 e. The SMILES string of the molecule is CCCCc1cc(=O)oc2c(C)c3c(cc12)CN(Cc1ccccc1Cl)CO3. The van der Waals surface area contributed by atoms with Crippen molar-refractivity contribution >= 4 is 22.6 Å². The molecular formula is C23H24ClNO3. The first-order valence-corrected chi connectivity index (χ1v) is 10.1. The maximum atomic E-state index is 12.0. The summed E-state index contributed by atoms with van der Waals surface area (Å²) in [5.74, 6) is 0.832. The molecule has 1 aliphatic rings. The average Bonchev–Trinajstić information content (AvgIpc) is 2.69. The van der Waals surface area contributed by atoms with Crippen molar-refractivity contribution in [1.82, 2.24) is 4.90 Å². The second-order valence-electron chi connectivity index (χ2n) is 7.41. The molecule has 0 radical (unpaired) electrons. The Bertz CT molecular complexity index is 1070. The highest BCUT2D eigenvalue weighted by Crippen LogP contribution is 2.36. The van der Waals surface area contributed by atoms with Gasteiger partial charge in [-0.1, -0.05) is 43.1 Å². The Morgan fingerprint density at radius 2 is 2.00 bits per heavy atom. The minimum Gasteiger partial charge on any atom is -0.477 e. The lowest BCUT2D eigenvalue weighted by Crippen LogP contribution is -2.32. The molecule has 1 aliphatic heterocycles. The predicted octanol–water partition coefficient (Wildman–Crippen LogP) is 5.45. The molecule has 0 amide bonds. The Kier molecular flexibility index (Phi) is 5.42. The van der Waals surface area contributed by atoms with Crippen molar-refractivity contribution in [3.05, 3.63) is 74.1 Å². The van der Waals surface area contributed by atoms with Crippen LogP contribution in [0.2, 0.25) is 5.02 Å². The van der Waals surface area contributed by atoms with Gasteiger partial charge in [0.05, 0.1) is 0 Å². The maximum absolute atomic E-state index is 12.0. The molecule has 0 aliphatic carbocycles. The lowest BCUT2D eigenvalue weighted by Gasteiger charge is -2.30. The molecule has 0 spiro atoms. The zero-order valence-electron chi connectivity index (χ0n) is 16.3. The number of hydrogen-bond acceptors (Lipinski definition) is 4. The van der Waals surface area contributed by atoms with Gasteiger partial charge in [0.15, 0.2) is 0 Å². The molecular weight excluding hydrogens is 374 g/mol. The van der Waals surface area contributed by atoms with E-state index in [1.807, 2.05) is 31.2 Å². The van der Waals surface area contributed by atoms with E-state index in [0.29, 0.717) is 12.3 Å². The summed E-state index contributed by atoms with van der Waals surface area (Å²) in [4.78, 5) is 14.3. The highest BCUT2D eigenvalue weighted by atomic mass is 35.5. The predicted molar refractivity (Wildman–Crippen MR) is 112 cm³/mol. The third kappa shape index (κ3) is 3.67. The number of aryl methyl sites for hydroxylation is 2. The largest absolute Gasteiger partial charge is 0.477 e. The summed E-state index contributed by atoms with van der Waals surface area (Å²) in [6.45, 7) is 6.09. The van der Waals surface area contributed by atoms with Gasteiger partial charge >= 0.3 is 5.63 Å². The van der Waals surface area contributed by atoms with Gasteiger partial charge in [0.25, 0.3) is 0 Å². The Labute approximate surface area is 169 Å². The van der Waals surface area contributed by atoms with Crippen LogP contribution in [0.5, 0.6) is 5.75 Å². The molecule has 0 unspecified atom stereocenters. The molecule has 1 aromatic heterocycles. The molecule has 2 heterocycles. The van der Waals surface area contributed by atoms with Crippen molar-refractivity contribution in [3.63, 3.8) is 0 Å². The minimum atomic E-state index is -0.294. The minimum absolute atomic E-state index is 0.294. The standard InChI is InChI=1S/C23H24ClNO3/c1-3-4-7-16-11-21(26)28-23-15(2)22-18(10-19(16)23)13-25(14-27-22)12-17-8-5-6-9-20(17)24/h5-6,8-11H,3-4,7,12-14H2,1-2H3. The molecule has 4 rings (SSSR count). The third-order valence-corrected chi connectivity index (χ3v) is 5.68. The number of fused-ring (bicyclic) bond motifs is 2. The van der Waals surface area contributed by atoms with Crippen LogP contribution in [0.1, 0.15) is 42.0 Å². The lowest BCUT2D eigenvalue weighted by molar-refractivity contribution is 0.0881. The Balaban J connectivity index is 1.71. The van der Waals surface area contributed by atoms with Crippen LogP contribution in [0.3, 0.4) is 0 Å². The molecule has 2 aromatic carbocycles. The van der Waals surface area contributed by atoms with E-state index in [9.17, 15) is 4.79 Å². The van der Waals surface area contributed by atoms with Gasteiger partial charge in [-0.3, -0.25) is 4.90 Å². The fourth-order valence-corrected chi connectivity index (χ4v) is 4.07. The fourth-order valence-electron chi connectivity index (χ4n) is 3.88. The molecule has 3 aromatic rings. The smallest absolute Gasteiger partial charge is 0.336 e. The molecule has 0 saturated carbocycles. The summed E-state index contributed by atoms with van der Waals surface area (Å²) in [7, 11) is 0.